The zero-order valence-corrected chi connectivity index (χ0v) is 15.0. The Morgan fingerprint density at radius 2 is 2.00 bits per heavy atom. The van der Waals surface area contributed by atoms with E-state index in [0.29, 0.717) is 23.4 Å². The first-order valence-electron chi connectivity index (χ1n) is 8.03. The third-order valence-corrected chi connectivity index (χ3v) is 5.56. The predicted octanol–water partition coefficient (Wildman–Crippen LogP) is 4.81. The van der Waals surface area contributed by atoms with Gasteiger partial charge in [-0.25, -0.2) is 0 Å². The van der Waals surface area contributed by atoms with Gasteiger partial charge in [-0.15, -0.1) is 11.8 Å². The lowest BCUT2D eigenvalue weighted by Gasteiger charge is -2.25. The van der Waals surface area contributed by atoms with E-state index in [1.807, 2.05) is 0 Å². The Labute approximate surface area is 157 Å². The highest BCUT2D eigenvalue weighted by Crippen LogP contribution is 2.41. The van der Waals surface area contributed by atoms with Crippen LogP contribution in [-0.4, -0.2) is 28.0 Å². The molecule has 1 amide bonds. The van der Waals surface area contributed by atoms with Gasteiger partial charge in [0.15, 0.2) is 0 Å². The Morgan fingerprint density at radius 1 is 1.26 bits per heavy atom. The summed E-state index contributed by atoms with van der Waals surface area (Å²) in [6.45, 7) is 1.93. The second-order valence-corrected chi connectivity index (χ2v) is 7.29. The van der Waals surface area contributed by atoms with Gasteiger partial charge in [-0.2, -0.15) is 13.2 Å². The number of halogens is 3. The Bertz CT molecular complexity index is 902. The van der Waals surface area contributed by atoms with E-state index in [4.69, 9.17) is 0 Å². The van der Waals surface area contributed by atoms with Crippen molar-refractivity contribution < 1.29 is 22.9 Å². The van der Waals surface area contributed by atoms with Crippen molar-refractivity contribution in [2.45, 2.75) is 18.5 Å². The number of nitro benzene ring substituents is 1. The Balaban J connectivity index is 1.92. The van der Waals surface area contributed by atoms with Crippen LogP contribution in [0.25, 0.3) is 0 Å². The fourth-order valence-corrected chi connectivity index (χ4v) is 4.17. The molecule has 0 aliphatic carbocycles. The van der Waals surface area contributed by atoms with Gasteiger partial charge in [0.1, 0.15) is 5.37 Å². The molecule has 1 aliphatic rings. The van der Waals surface area contributed by atoms with E-state index in [1.54, 1.807) is 13.0 Å². The van der Waals surface area contributed by atoms with E-state index in [-0.39, 0.29) is 11.3 Å². The largest absolute Gasteiger partial charge is 0.416 e. The van der Waals surface area contributed by atoms with Crippen LogP contribution in [0.3, 0.4) is 0 Å². The van der Waals surface area contributed by atoms with Crippen molar-refractivity contribution in [3.63, 3.8) is 0 Å². The molecule has 0 N–H and O–H groups in total. The maximum atomic E-state index is 13.0. The first kappa shape index (κ1) is 19.2. The minimum Gasteiger partial charge on any atom is -0.322 e. The lowest BCUT2D eigenvalue weighted by atomic mass is 10.1. The van der Waals surface area contributed by atoms with Crippen LogP contribution in [0, 0.1) is 17.0 Å². The van der Waals surface area contributed by atoms with Crippen LogP contribution in [0.15, 0.2) is 42.5 Å². The fourth-order valence-electron chi connectivity index (χ4n) is 2.93. The molecule has 27 heavy (non-hydrogen) atoms. The number of amides is 1. The third-order valence-electron chi connectivity index (χ3n) is 4.30. The van der Waals surface area contributed by atoms with Gasteiger partial charge in [-0.3, -0.25) is 14.9 Å². The van der Waals surface area contributed by atoms with E-state index in [0.717, 1.165) is 12.1 Å². The third kappa shape index (κ3) is 3.92. The van der Waals surface area contributed by atoms with Gasteiger partial charge in [0.2, 0.25) is 0 Å². The molecule has 0 radical (unpaired) electrons. The zero-order chi connectivity index (χ0) is 19.8. The summed E-state index contributed by atoms with van der Waals surface area (Å²) in [6, 6.07) is 9.10. The molecule has 0 aromatic heterocycles. The molecule has 5 nitrogen and oxygen atoms in total. The molecule has 0 saturated carbocycles. The van der Waals surface area contributed by atoms with Crippen LogP contribution < -0.4 is 0 Å². The number of rotatable bonds is 3. The van der Waals surface area contributed by atoms with Crippen LogP contribution in [0.2, 0.25) is 0 Å². The average molecular weight is 396 g/mol. The number of thioether (sulfide) groups is 1. The minimum absolute atomic E-state index is 0.145. The van der Waals surface area contributed by atoms with Crippen LogP contribution in [0.4, 0.5) is 18.9 Å². The average Bonchev–Trinajstić information content (AvgIpc) is 3.10. The molecule has 1 saturated heterocycles. The number of carbonyl (C=O) groups excluding carboxylic acids is 1. The number of hydrogen-bond donors (Lipinski definition) is 0. The SMILES string of the molecule is Cc1ccc(C(=O)N2CCS[C@@H]2c2cccc(C(F)(F)F)c2)cc1[N+](=O)[O-]. The number of nitrogens with zero attached hydrogens (tertiary/aromatic N) is 2. The van der Waals surface area contributed by atoms with Gasteiger partial charge in [0.05, 0.1) is 10.5 Å². The highest BCUT2D eigenvalue weighted by molar-refractivity contribution is 7.99. The first-order valence-corrected chi connectivity index (χ1v) is 9.08. The van der Waals surface area contributed by atoms with E-state index in [2.05, 4.69) is 0 Å². The van der Waals surface area contributed by atoms with Crippen molar-refractivity contribution in [3.05, 3.63) is 74.8 Å². The molecule has 0 unspecified atom stereocenters. The number of aryl methyl sites for hydroxylation is 1. The Morgan fingerprint density at radius 3 is 2.67 bits per heavy atom. The summed E-state index contributed by atoms with van der Waals surface area (Å²) in [6.07, 6.45) is -4.47. The van der Waals surface area contributed by atoms with Crippen molar-refractivity contribution in [2.75, 3.05) is 12.3 Å². The van der Waals surface area contributed by atoms with Gasteiger partial charge >= 0.3 is 6.18 Å². The number of hydrogen-bond acceptors (Lipinski definition) is 4. The maximum absolute atomic E-state index is 13.0. The summed E-state index contributed by atoms with van der Waals surface area (Å²) < 4.78 is 38.9. The number of alkyl halides is 3. The van der Waals surface area contributed by atoms with E-state index in [1.165, 1.54) is 40.9 Å². The van der Waals surface area contributed by atoms with Crippen molar-refractivity contribution in [2.24, 2.45) is 0 Å². The highest BCUT2D eigenvalue weighted by atomic mass is 32.2. The second kappa shape index (κ2) is 7.22. The van der Waals surface area contributed by atoms with Gasteiger partial charge < -0.3 is 4.90 Å². The summed E-state index contributed by atoms with van der Waals surface area (Å²) in [7, 11) is 0. The normalized spacial score (nSPS) is 17.2. The van der Waals surface area contributed by atoms with Gasteiger partial charge in [0, 0.05) is 29.5 Å². The van der Waals surface area contributed by atoms with Crippen molar-refractivity contribution in [3.8, 4) is 0 Å². The number of carbonyl (C=O) groups is 1. The molecule has 1 aliphatic heterocycles. The standard InChI is InChI=1S/C18H15F3N2O3S/c1-11-5-6-12(10-15(11)23(25)26)16(24)22-7-8-27-17(22)13-3-2-4-14(9-13)18(19,20)21/h2-6,9-10,17H,7-8H2,1H3/t17-/m1/s1. The lowest BCUT2D eigenvalue weighted by Crippen LogP contribution is -2.30. The molecule has 2 aromatic carbocycles. The van der Waals surface area contributed by atoms with Crippen LogP contribution >= 0.6 is 11.8 Å². The second-order valence-electron chi connectivity index (χ2n) is 6.10. The van der Waals surface area contributed by atoms with E-state index >= 15 is 0 Å². The summed E-state index contributed by atoms with van der Waals surface area (Å²) >= 11 is 1.36. The highest BCUT2D eigenvalue weighted by Gasteiger charge is 2.35. The van der Waals surface area contributed by atoms with E-state index in [9.17, 15) is 28.1 Å². The Hall–Kier alpha value is -2.55. The topological polar surface area (TPSA) is 63.5 Å². The van der Waals surface area contributed by atoms with E-state index < -0.39 is 27.9 Å². The molecular weight excluding hydrogens is 381 g/mol. The van der Waals surface area contributed by atoms with Gasteiger partial charge in [0.25, 0.3) is 11.6 Å². The molecule has 1 heterocycles. The van der Waals surface area contributed by atoms with Crippen molar-refractivity contribution in [1.29, 1.82) is 0 Å². The number of benzene rings is 2. The van der Waals surface area contributed by atoms with Crippen LogP contribution in [0.5, 0.6) is 0 Å². The fraction of sp³-hybridized carbons (Fsp3) is 0.278. The molecule has 142 valence electrons. The summed E-state index contributed by atoms with van der Waals surface area (Å²) in [5.74, 6) is 0.131. The molecule has 3 rings (SSSR count). The molecule has 0 spiro atoms. The molecule has 2 aromatic rings. The predicted molar refractivity (Wildman–Crippen MR) is 95.5 cm³/mol. The van der Waals surface area contributed by atoms with Gasteiger partial charge in [-0.1, -0.05) is 18.2 Å². The summed E-state index contributed by atoms with van der Waals surface area (Å²) in [4.78, 5) is 24.9. The Kier molecular flexibility index (Phi) is 5.14. The van der Waals surface area contributed by atoms with Crippen molar-refractivity contribution >= 4 is 23.4 Å². The zero-order valence-electron chi connectivity index (χ0n) is 14.2. The quantitative estimate of drug-likeness (QED) is 0.552. The number of nitro groups is 1. The monoisotopic (exact) mass is 396 g/mol. The summed E-state index contributed by atoms with van der Waals surface area (Å²) in [5.41, 5.74) is 0.0185. The first-order chi connectivity index (χ1) is 12.7. The smallest absolute Gasteiger partial charge is 0.322 e. The lowest BCUT2D eigenvalue weighted by molar-refractivity contribution is -0.385. The molecular formula is C18H15F3N2O3S. The van der Waals surface area contributed by atoms with Crippen LogP contribution in [0.1, 0.15) is 32.4 Å². The molecule has 9 heteroatoms. The van der Waals surface area contributed by atoms with Crippen molar-refractivity contribution in [1.82, 2.24) is 4.90 Å². The minimum atomic E-state index is -4.47. The maximum Gasteiger partial charge on any atom is 0.416 e. The summed E-state index contributed by atoms with van der Waals surface area (Å²) in [5, 5.41) is 10.5. The molecule has 1 atom stereocenters. The van der Waals surface area contributed by atoms with Crippen LogP contribution in [-0.2, 0) is 6.18 Å². The molecule has 1 fully saturated rings. The molecule has 0 bridgehead atoms. The van der Waals surface area contributed by atoms with Gasteiger partial charge in [-0.05, 0) is 30.7 Å².